The van der Waals surface area contributed by atoms with E-state index < -0.39 is 32.2 Å². The number of aromatic hydroxyl groups is 1. The fraction of sp³-hybridized carbons (Fsp3) is 0.125. The molecule has 0 aliphatic carbocycles. The zero-order valence-electron chi connectivity index (χ0n) is 13.7. The molecule has 10 heteroatoms. The highest BCUT2D eigenvalue weighted by molar-refractivity contribution is 7.92. The first-order valence-corrected chi connectivity index (χ1v) is 8.47. The molecule has 0 spiro atoms. The monoisotopic (exact) mass is 378 g/mol. The van der Waals surface area contributed by atoms with E-state index in [4.69, 9.17) is 14.7 Å². The summed E-state index contributed by atoms with van der Waals surface area (Å²) in [5.41, 5.74) is -0.517. The Bertz CT molecular complexity index is 1010. The highest BCUT2D eigenvalue weighted by atomic mass is 32.2. The van der Waals surface area contributed by atoms with E-state index in [1.807, 2.05) is 6.07 Å². The number of phenols is 1. The van der Waals surface area contributed by atoms with Gasteiger partial charge in [0.1, 0.15) is 11.3 Å². The van der Waals surface area contributed by atoms with Crippen molar-refractivity contribution in [1.29, 1.82) is 5.26 Å². The maximum Gasteiger partial charge on any atom is 0.339 e. The molecule has 0 saturated carbocycles. The molecule has 0 radical (unpaired) electrons. The summed E-state index contributed by atoms with van der Waals surface area (Å²) >= 11 is 0. The number of carboxylic acids is 1. The number of sulfonamides is 1. The summed E-state index contributed by atoms with van der Waals surface area (Å²) in [6, 6.07) is 7.42. The minimum Gasteiger partial charge on any atom is -0.506 e. The summed E-state index contributed by atoms with van der Waals surface area (Å²) in [7, 11) is -1.84. The zero-order chi connectivity index (χ0) is 19.5. The standard InChI is InChI=1S/C16H14N2O7S/c1-24-14-7-10(6-11(16(20)21)15(14)25-2)26(22,23)18-12-5-9(8-17)3-4-13(12)19/h3-7,18-19H,1-2H3,(H,20,21). The van der Waals surface area contributed by atoms with E-state index >= 15 is 0 Å². The number of aromatic carboxylic acids is 1. The average Bonchev–Trinajstić information content (AvgIpc) is 2.61. The number of nitriles is 1. The number of phenolic OH excluding ortho intramolecular Hbond substituents is 1. The van der Waals surface area contributed by atoms with E-state index in [-0.39, 0.29) is 22.7 Å². The first-order chi connectivity index (χ1) is 12.2. The Hall–Kier alpha value is -3.45. The van der Waals surface area contributed by atoms with Crippen molar-refractivity contribution in [3.8, 4) is 23.3 Å². The van der Waals surface area contributed by atoms with Gasteiger partial charge in [-0.2, -0.15) is 5.26 Å². The number of carboxylic acid groups (broad SMARTS) is 1. The number of ether oxygens (including phenoxy) is 2. The average molecular weight is 378 g/mol. The van der Waals surface area contributed by atoms with Crippen molar-refractivity contribution in [3.63, 3.8) is 0 Å². The third-order valence-electron chi connectivity index (χ3n) is 3.36. The Kier molecular flexibility index (Phi) is 5.23. The van der Waals surface area contributed by atoms with Crippen molar-refractivity contribution in [2.75, 3.05) is 18.9 Å². The van der Waals surface area contributed by atoms with Gasteiger partial charge in [-0.3, -0.25) is 4.72 Å². The second kappa shape index (κ2) is 7.20. The largest absolute Gasteiger partial charge is 0.506 e. The minimum atomic E-state index is -4.29. The number of methoxy groups -OCH3 is 2. The van der Waals surface area contributed by atoms with Crippen molar-refractivity contribution in [2.45, 2.75) is 4.90 Å². The highest BCUT2D eigenvalue weighted by Crippen LogP contribution is 2.35. The summed E-state index contributed by atoms with van der Waals surface area (Å²) in [4.78, 5) is 11.0. The van der Waals surface area contributed by atoms with Crippen molar-refractivity contribution in [2.24, 2.45) is 0 Å². The number of anilines is 1. The molecule has 136 valence electrons. The zero-order valence-corrected chi connectivity index (χ0v) is 14.5. The van der Waals surface area contributed by atoms with Crippen LogP contribution in [-0.4, -0.2) is 38.8 Å². The molecule has 0 heterocycles. The number of rotatable bonds is 6. The first kappa shape index (κ1) is 18.9. The van der Waals surface area contributed by atoms with Crippen LogP contribution in [0.1, 0.15) is 15.9 Å². The summed E-state index contributed by atoms with van der Waals surface area (Å²) in [5, 5.41) is 28.0. The molecule has 0 fully saturated rings. The molecule has 26 heavy (non-hydrogen) atoms. The number of nitrogens with one attached hydrogen (secondary N) is 1. The molecular weight excluding hydrogens is 364 g/mol. The molecule has 0 amide bonds. The molecule has 9 nitrogen and oxygen atoms in total. The van der Waals surface area contributed by atoms with Crippen molar-refractivity contribution in [3.05, 3.63) is 41.5 Å². The molecule has 0 bridgehead atoms. The lowest BCUT2D eigenvalue weighted by Crippen LogP contribution is -2.15. The molecule has 0 unspecified atom stereocenters. The Labute approximate surface area is 149 Å². The number of carbonyl (C=O) groups is 1. The molecule has 0 aromatic heterocycles. The number of nitrogens with zero attached hydrogens (tertiary/aromatic N) is 1. The van der Waals surface area contributed by atoms with Crippen molar-refractivity contribution in [1.82, 2.24) is 0 Å². The number of hydrogen-bond acceptors (Lipinski definition) is 7. The third-order valence-corrected chi connectivity index (χ3v) is 4.71. The van der Waals surface area contributed by atoms with E-state index in [2.05, 4.69) is 4.72 Å². The van der Waals surface area contributed by atoms with E-state index in [0.717, 1.165) is 24.3 Å². The van der Waals surface area contributed by atoms with Crippen LogP contribution in [0.15, 0.2) is 35.2 Å². The molecule has 0 aliphatic heterocycles. The maximum atomic E-state index is 12.6. The first-order valence-electron chi connectivity index (χ1n) is 6.98. The van der Waals surface area contributed by atoms with Gasteiger partial charge < -0.3 is 19.7 Å². The summed E-state index contributed by atoms with van der Waals surface area (Å²) < 4.78 is 37.3. The second-order valence-corrected chi connectivity index (χ2v) is 6.64. The van der Waals surface area contributed by atoms with Gasteiger partial charge in [0.05, 0.1) is 36.4 Å². The van der Waals surface area contributed by atoms with Crippen LogP contribution in [0.4, 0.5) is 5.69 Å². The van der Waals surface area contributed by atoms with Gasteiger partial charge in [0.15, 0.2) is 11.5 Å². The lowest BCUT2D eigenvalue weighted by Gasteiger charge is -2.14. The van der Waals surface area contributed by atoms with Crippen LogP contribution in [0.2, 0.25) is 0 Å². The molecular formula is C16H14N2O7S. The summed E-state index contributed by atoms with van der Waals surface area (Å²) in [6.07, 6.45) is 0. The van der Waals surface area contributed by atoms with E-state index in [0.29, 0.717) is 0 Å². The lowest BCUT2D eigenvalue weighted by atomic mass is 10.2. The fourth-order valence-electron chi connectivity index (χ4n) is 2.14. The molecule has 3 N–H and O–H groups in total. The van der Waals surface area contributed by atoms with Gasteiger partial charge in [-0.15, -0.1) is 0 Å². The Morgan fingerprint density at radius 1 is 1.19 bits per heavy atom. The maximum absolute atomic E-state index is 12.6. The Morgan fingerprint density at radius 2 is 1.88 bits per heavy atom. The normalized spacial score (nSPS) is 10.7. The number of hydrogen-bond donors (Lipinski definition) is 3. The van der Waals surface area contributed by atoms with E-state index in [1.165, 1.54) is 20.3 Å². The fourth-order valence-corrected chi connectivity index (χ4v) is 3.25. The van der Waals surface area contributed by atoms with Gasteiger partial charge in [0.2, 0.25) is 0 Å². The van der Waals surface area contributed by atoms with Gasteiger partial charge in [-0.25, -0.2) is 13.2 Å². The van der Waals surface area contributed by atoms with Crippen LogP contribution in [-0.2, 0) is 10.0 Å². The number of benzene rings is 2. The van der Waals surface area contributed by atoms with E-state index in [9.17, 15) is 23.4 Å². The molecule has 2 aromatic carbocycles. The van der Waals surface area contributed by atoms with Crippen molar-refractivity contribution < 1.29 is 32.9 Å². The Morgan fingerprint density at radius 3 is 2.42 bits per heavy atom. The lowest BCUT2D eigenvalue weighted by molar-refractivity contribution is 0.0692. The summed E-state index contributed by atoms with van der Waals surface area (Å²) in [5.74, 6) is -2.03. The van der Waals surface area contributed by atoms with E-state index in [1.54, 1.807) is 0 Å². The van der Waals surface area contributed by atoms with Gasteiger partial charge in [0.25, 0.3) is 10.0 Å². The quantitative estimate of drug-likeness (QED) is 0.645. The van der Waals surface area contributed by atoms with Gasteiger partial charge in [-0.05, 0) is 24.3 Å². The minimum absolute atomic E-state index is 0.0947. The van der Waals surface area contributed by atoms with Gasteiger partial charge >= 0.3 is 5.97 Å². The van der Waals surface area contributed by atoms with Gasteiger partial charge in [0, 0.05) is 6.07 Å². The predicted octanol–water partition coefficient (Wildman–Crippen LogP) is 1.78. The van der Waals surface area contributed by atoms with Crippen LogP contribution in [0.25, 0.3) is 0 Å². The molecule has 2 aromatic rings. The van der Waals surface area contributed by atoms with Crippen LogP contribution < -0.4 is 14.2 Å². The smallest absolute Gasteiger partial charge is 0.339 e. The summed E-state index contributed by atoms with van der Waals surface area (Å²) in [6.45, 7) is 0. The Balaban J connectivity index is 2.58. The van der Waals surface area contributed by atoms with Gasteiger partial charge in [-0.1, -0.05) is 0 Å². The SMILES string of the molecule is COc1cc(S(=O)(=O)Nc2cc(C#N)ccc2O)cc(C(=O)O)c1OC. The third kappa shape index (κ3) is 3.62. The van der Waals surface area contributed by atoms with Crippen molar-refractivity contribution >= 4 is 21.7 Å². The van der Waals surface area contributed by atoms with Crippen LogP contribution in [0, 0.1) is 11.3 Å². The molecule has 0 aliphatic rings. The molecule has 0 saturated heterocycles. The second-order valence-electron chi connectivity index (χ2n) is 4.96. The highest BCUT2D eigenvalue weighted by Gasteiger charge is 2.24. The topological polar surface area (TPSA) is 146 Å². The molecule has 2 rings (SSSR count). The predicted molar refractivity (Wildman–Crippen MR) is 90.1 cm³/mol. The molecule has 0 atom stereocenters. The van der Waals surface area contributed by atoms with Crippen LogP contribution in [0.3, 0.4) is 0 Å². The van der Waals surface area contributed by atoms with Crippen LogP contribution >= 0.6 is 0 Å². The van der Waals surface area contributed by atoms with Crippen LogP contribution in [0.5, 0.6) is 17.2 Å².